The van der Waals surface area contributed by atoms with Crippen LogP contribution in [0.4, 0.5) is 0 Å². The minimum Gasteiger partial charge on any atom is -0.300 e. The van der Waals surface area contributed by atoms with Crippen LogP contribution in [0.5, 0.6) is 0 Å². The molecule has 1 spiro atoms. The highest BCUT2D eigenvalue weighted by molar-refractivity contribution is 6.11. The average molecular weight is 703 g/mol. The molecule has 0 saturated heterocycles. The van der Waals surface area contributed by atoms with Crippen molar-refractivity contribution >= 4 is 29.3 Å². The smallest absolute Gasteiger partial charge is 0.0716 e. The monoisotopic (exact) mass is 702 g/mol. The van der Waals surface area contributed by atoms with Crippen molar-refractivity contribution < 1.29 is 0 Å². The third kappa shape index (κ3) is 5.25. The molecule has 0 bridgehead atoms. The molecule has 0 heterocycles. The van der Waals surface area contributed by atoms with Gasteiger partial charge in [0, 0.05) is 17.0 Å². The fourth-order valence-corrected chi connectivity index (χ4v) is 9.43. The molecule has 3 aliphatic carbocycles. The molecule has 10 rings (SSSR count). The lowest BCUT2D eigenvalue weighted by atomic mass is 9.65. The molecule has 1 N–H and O–H groups in total. The summed E-state index contributed by atoms with van der Waals surface area (Å²) >= 11 is 0. The molecule has 0 radical (unpaired) electrons. The minimum atomic E-state index is -0.203. The Bertz CT molecular complexity index is 2720. The highest BCUT2D eigenvalue weighted by Gasteiger charge is 2.56. The minimum absolute atomic E-state index is 0.203. The van der Waals surface area contributed by atoms with E-state index < -0.39 is 0 Å². The molecule has 0 aromatic heterocycles. The summed E-state index contributed by atoms with van der Waals surface area (Å²) in [5.41, 5.74) is 19.3. The maximum absolute atomic E-state index is 9.06. The predicted molar refractivity (Wildman–Crippen MR) is 230 cm³/mol. The number of nitrogens with one attached hydrogen (secondary N) is 1. The molecule has 260 valence electrons. The Morgan fingerprint density at radius 2 is 1.09 bits per heavy atom. The summed E-state index contributed by atoms with van der Waals surface area (Å²) < 4.78 is 0. The molecule has 7 aromatic rings. The summed E-state index contributed by atoms with van der Waals surface area (Å²) in [6, 6.07) is 62.9. The van der Waals surface area contributed by atoms with E-state index in [2.05, 4.69) is 157 Å². The van der Waals surface area contributed by atoms with Gasteiger partial charge in [-0.05, 0) is 104 Å². The lowest BCUT2D eigenvalue weighted by Crippen LogP contribution is -2.32. The highest BCUT2D eigenvalue weighted by Crippen LogP contribution is 2.65. The molecule has 2 nitrogen and oxygen atoms in total. The zero-order valence-corrected chi connectivity index (χ0v) is 30.4. The normalized spacial score (nSPS) is 16.0. The van der Waals surface area contributed by atoms with Gasteiger partial charge >= 0.3 is 0 Å². The van der Waals surface area contributed by atoms with Gasteiger partial charge in [-0.15, -0.1) is 0 Å². The van der Waals surface area contributed by atoms with Crippen LogP contribution < -0.4 is 0 Å². The van der Waals surface area contributed by atoms with Gasteiger partial charge in [-0.2, -0.15) is 0 Å². The van der Waals surface area contributed by atoms with Gasteiger partial charge in [-0.1, -0.05) is 176 Å². The van der Waals surface area contributed by atoms with Gasteiger partial charge < -0.3 is 5.41 Å². The Labute approximate surface area is 322 Å². The van der Waals surface area contributed by atoms with Crippen molar-refractivity contribution in [1.82, 2.24) is 0 Å². The van der Waals surface area contributed by atoms with E-state index in [4.69, 9.17) is 5.41 Å². The van der Waals surface area contributed by atoms with Gasteiger partial charge in [-0.25, -0.2) is 0 Å². The first-order valence-electron chi connectivity index (χ1n) is 19.0. The van der Waals surface area contributed by atoms with Crippen LogP contribution in [-0.4, -0.2) is 12.4 Å². The Kier molecular flexibility index (Phi) is 7.85. The number of benzene rings is 7. The molecule has 55 heavy (non-hydrogen) atoms. The summed E-state index contributed by atoms with van der Waals surface area (Å²) in [5.74, 6) is 0.314. The van der Waals surface area contributed by atoms with Gasteiger partial charge in [0.1, 0.15) is 0 Å². The van der Waals surface area contributed by atoms with Crippen molar-refractivity contribution in [3.05, 3.63) is 233 Å². The molecule has 3 aliphatic rings. The molecule has 1 unspecified atom stereocenters. The Morgan fingerprint density at radius 3 is 1.78 bits per heavy atom. The van der Waals surface area contributed by atoms with Gasteiger partial charge in [0.25, 0.3) is 0 Å². The number of nitrogens with zero attached hydrogens (tertiary/aromatic N) is 1. The number of aliphatic imine (C=N–C) groups is 1. The maximum Gasteiger partial charge on any atom is 0.0716 e. The first-order chi connectivity index (χ1) is 27.1. The van der Waals surface area contributed by atoms with Crippen LogP contribution in [0.25, 0.3) is 50.2 Å². The molecule has 1 atom stereocenters. The van der Waals surface area contributed by atoms with E-state index in [-0.39, 0.29) is 5.41 Å². The third-order valence-electron chi connectivity index (χ3n) is 11.9. The summed E-state index contributed by atoms with van der Waals surface area (Å²) in [7, 11) is 0. The maximum atomic E-state index is 9.06. The topological polar surface area (TPSA) is 36.2 Å². The Morgan fingerprint density at radius 1 is 0.545 bits per heavy atom. The lowest BCUT2D eigenvalue weighted by Gasteiger charge is -2.36. The summed E-state index contributed by atoms with van der Waals surface area (Å²) in [4.78, 5) is 4.31. The standard InChI is InChI=1S/C53H38N2/c1-55-52(37-27-25-36(26-28-37)35-13-3-2-4-14-35)34-51(54)42-18-12-17-40(32-42)38-15-11-16-39(31-38)41-29-30-50-46(33-41)45-21-7-10-24-49(45)53(50)47-22-8-5-19-43(47)44-20-6-9-23-48(44)53/h2-29,31-34,50,54H,1,30H2/b52-34-,54-51?. The largest absolute Gasteiger partial charge is 0.300 e. The van der Waals surface area contributed by atoms with Crippen molar-refractivity contribution in [2.24, 2.45) is 10.9 Å². The number of hydrogen-bond acceptors (Lipinski definition) is 2. The summed E-state index contributed by atoms with van der Waals surface area (Å²) in [6.45, 7) is 3.83. The fraction of sp³-hybridized carbons (Fsp3) is 0.0566. The first-order valence-corrected chi connectivity index (χ1v) is 19.0. The number of hydrogen-bond donors (Lipinski definition) is 1. The van der Waals surface area contributed by atoms with E-state index in [0.29, 0.717) is 17.3 Å². The number of allylic oxidation sites excluding steroid dienone is 5. The van der Waals surface area contributed by atoms with Crippen LogP contribution in [-0.2, 0) is 5.41 Å². The second-order valence-corrected chi connectivity index (χ2v) is 14.7. The van der Waals surface area contributed by atoms with Gasteiger partial charge in [0.15, 0.2) is 0 Å². The van der Waals surface area contributed by atoms with Crippen molar-refractivity contribution in [2.45, 2.75) is 11.8 Å². The fourth-order valence-electron chi connectivity index (χ4n) is 9.43. The zero-order valence-electron chi connectivity index (χ0n) is 30.4. The molecular weight excluding hydrogens is 665 g/mol. The van der Waals surface area contributed by atoms with Crippen LogP contribution in [0.3, 0.4) is 0 Å². The first kappa shape index (κ1) is 32.7. The number of rotatable bonds is 7. The van der Waals surface area contributed by atoms with Gasteiger partial charge in [0.2, 0.25) is 0 Å². The van der Waals surface area contributed by atoms with E-state index in [9.17, 15) is 0 Å². The predicted octanol–water partition coefficient (Wildman–Crippen LogP) is 12.9. The average Bonchev–Trinajstić information content (AvgIpc) is 3.73. The highest BCUT2D eigenvalue weighted by atomic mass is 14.7. The van der Waals surface area contributed by atoms with Crippen molar-refractivity contribution in [3.8, 4) is 33.4 Å². The van der Waals surface area contributed by atoms with E-state index in [1.807, 2.05) is 48.5 Å². The second kappa shape index (κ2) is 13.2. The van der Waals surface area contributed by atoms with Gasteiger partial charge in [-0.3, -0.25) is 4.99 Å². The molecule has 0 amide bonds. The summed E-state index contributed by atoms with van der Waals surface area (Å²) in [6.07, 6.45) is 7.67. The second-order valence-electron chi connectivity index (χ2n) is 14.7. The molecule has 0 aliphatic heterocycles. The van der Waals surface area contributed by atoms with Crippen LogP contribution in [0.2, 0.25) is 0 Å². The van der Waals surface area contributed by atoms with E-state index in [1.165, 1.54) is 55.7 Å². The lowest BCUT2D eigenvalue weighted by molar-refractivity contribution is 0.495. The Hall–Kier alpha value is -6.90. The van der Waals surface area contributed by atoms with Crippen LogP contribution >= 0.6 is 0 Å². The summed E-state index contributed by atoms with van der Waals surface area (Å²) in [5, 5.41) is 9.06. The molecule has 0 saturated carbocycles. The molecule has 0 fully saturated rings. The van der Waals surface area contributed by atoms with Crippen molar-refractivity contribution in [2.75, 3.05) is 0 Å². The SMILES string of the molecule is C=N/C(=C\C(=N)c1cccc(-c2cccc(C3=CCC4C(=C3)c3ccccc3C43c4ccccc4-c4ccccc43)c2)c1)c1ccc(-c2ccccc2)cc1. The van der Waals surface area contributed by atoms with E-state index in [1.54, 1.807) is 0 Å². The Balaban J connectivity index is 0.959. The number of fused-ring (bicyclic) bond motifs is 10. The van der Waals surface area contributed by atoms with Crippen molar-refractivity contribution in [3.63, 3.8) is 0 Å². The third-order valence-corrected chi connectivity index (χ3v) is 11.9. The van der Waals surface area contributed by atoms with Gasteiger partial charge in [0.05, 0.1) is 16.8 Å². The van der Waals surface area contributed by atoms with Crippen LogP contribution in [0.1, 0.15) is 45.4 Å². The molecular formula is C53H38N2. The van der Waals surface area contributed by atoms with Crippen molar-refractivity contribution in [1.29, 1.82) is 5.41 Å². The van der Waals surface area contributed by atoms with E-state index in [0.717, 1.165) is 34.2 Å². The van der Waals surface area contributed by atoms with Crippen LogP contribution in [0, 0.1) is 11.3 Å². The van der Waals surface area contributed by atoms with Crippen LogP contribution in [0.15, 0.2) is 199 Å². The molecule has 7 aromatic carbocycles. The zero-order chi connectivity index (χ0) is 36.9. The quantitative estimate of drug-likeness (QED) is 0.161. The van der Waals surface area contributed by atoms with E-state index >= 15 is 0 Å². The molecule has 2 heteroatoms.